The van der Waals surface area contributed by atoms with Gasteiger partial charge in [0, 0.05) is 24.6 Å². The van der Waals surface area contributed by atoms with E-state index >= 15 is 0 Å². The third-order valence-corrected chi connectivity index (χ3v) is 3.87. The predicted molar refractivity (Wildman–Crippen MR) is 93.4 cm³/mol. The number of rotatable bonds is 7. The fourth-order valence-electron chi connectivity index (χ4n) is 2.49. The molecule has 1 N–H and O–H groups in total. The average Bonchev–Trinajstić information content (AvgIpc) is 3.12. The molecule has 7 heteroatoms. The molecule has 0 fully saturated rings. The smallest absolute Gasteiger partial charge is 0.226 e. The molecule has 0 saturated carbocycles. The molecule has 0 spiro atoms. The number of pyridine rings is 1. The van der Waals surface area contributed by atoms with Crippen molar-refractivity contribution >= 4 is 5.91 Å². The normalized spacial score (nSPS) is 11.9. The van der Waals surface area contributed by atoms with Crippen LogP contribution in [0.25, 0.3) is 11.4 Å². The van der Waals surface area contributed by atoms with E-state index in [1.54, 1.807) is 18.3 Å². The van der Waals surface area contributed by atoms with Gasteiger partial charge in [-0.05, 0) is 49.7 Å². The summed E-state index contributed by atoms with van der Waals surface area (Å²) in [4.78, 5) is 20.5. The second kappa shape index (κ2) is 8.33. The predicted octanol–water partition coefficient (Wildman–Crippen LogP) is 3.47. The molecule has 2 heterocycles. The Balaban J connectivity index is 1.46. The van der Waals surface area contributed by atoms with Gasteiger partial charge in [-0.1, -0.05) is 11.2 Å². The van der Waals surface area contributed by atoms with Crippen LogP contribution in [-0.2, 0) is 11.2 Å². The summed E-state index contributed by atoms with van der Waals surface area (Å²) in [5.74, 6) is 0.493. The summed E-state index contributed by atoms with van der Waals surface area (Å²) >= 11 is 0. The van der Waals surface area contributed by atoms with Crippen LogP contribution in [-0.4, -0.2) is 21.0 Å². The molecular formula is C19H19FN4O2. The van der Waals surface area contributed by atoms with Crippen molar-refractivity contribution in [3.63, 3.8) is 0 Å². The molecule has 0 saturated heterocycles. The van der Waals surface area contributed by atoms with Gasteiger partial charge in [0.05, 0.1) is 11.7 Å². The van der Waals surface area contributed by atoms with Crippen LogP contribution >= 0.6 is 0 Å². The Hall–Kier alpha value is -3.09. The van der Waals surface area contributed by atoms with Gasteiger partial charge in [-0.3, -0.25) is 9.78 Å². The number of aromatic nitrogens is 3. The SMILES string of the molecule is CC(NC(=O)CCCc1nc(-c2ccc(F)cc2)no1)c1ccccn1. The largest absolute Gasteiger partial charge is 0.348 e. The highest BCUT2D eigenvalue weighted by atomic mass is 19.1. The Morgan fingerprint density at radius 3 is 2.77 bits per heavy atom. The number of nitrogens with one attached hydrogen (secondary N) is 1. The van der Waals surface area contributed by atoms with E-state index in [0.717, 1.165) is 5.69 Å². The van der Waals surface area contributed by atoms with E-state index < -0.39 is 0 Å². The molecule has 2 aromatic heterocycles. The lowest BCUT2D eigenvalue weighted by Crippen LogP contribution is -2.26. The first-order valence-corrected chi connectivity index (χ1v) is 8.40. The van der Waals surface area contributed by atoms with Crippen LogP contribution in [0.1, 0.15) is 37.4 Å². The fourth-order valence-corrected chi connectivity index (χ4v) is 2.49. The summed E-state index contributed by atoms with van der Waals surface area (Å²) < 4.78 is 18.1. The number of hydrogen-bond donors (Lipinski definition) is 1. The van der Waals surface area contributed by atoms with Gasteiger partial charge < -0.3 is 9.84 Å². The minimum Gasteiger partial charge on any atom is -0.348 e. The number of hydrogen-bond acceptors (Lipinski definition) is 5. The zero-order valence-corrected chi connectivity index (χ0v) is 14.4. The van der Waals surface area contributed by atoms with Crippen molar-refractivity contribution < 1.29 is 13.7 Å². The summed E-state index contributed by atoms with van der Waals surface area (Å²) in [6.07, 6.45) is 3.14. The van der Waals surface area contributed by atoms with Crippen LogP contribution in [0.5, 0.6) is 0 Å². The molecule has 3 rings (SSSR count). The van der Waals surface area contributed by atoms with Crippen molar-refractivity contribution in [3.8, 4) is 11.4 Å². The van der Waals surface area contributed by atoms with Crippen molar-refractivity contribution in [2.45, 2.75) is 32.2 Å². The van der Waals surface area contributed by atoms with Gasteiger partial charge in [0.2, 0.25) is 17.6 Å². The van der Waals surface area contributed by atoms with Crippen molar-refractivity contribution in [1.29, 1.82) is 0 Å². The summed E-state index contributed by atoms with van der Waals surface area (Å²) in [6.45, 7) is 1.90. The molecule has 1 amide bonds. The molecule has 1 unspecified atom stereocenters. The number of carbonyl (C=O) groups excluding carboxylic acids is 1. The molecule has 1 atom stereocenters. The average molecular weight is 354 g/mol. The summed E-state index contributed by atoms with van der Waals surface area (Å²) in [5.41, 5.74) is 1.50. The van der Waals surface area contributed by atoms with Crippen LogP contribution in [0.15, 0.2) is 53.2 Å². The Morgan fingerprint density at radius 1 is 1.23 bits per heavy atom. The van der Waals surface area contributed by atoms with Gasteiger partial charge in [0.25, 0.3) is 0 Å². The van der Waals surface area contributed by atoms with Crippen LogP contribution in [0.3, 0.4) is 0 Å². The number of benzene rings is 1. The van der Waals surface area contributed by atoms with Gasteiger partial charge in [-0.2, -0.15) is 4.98 Å². The number of halogens is 1. The van der Waals surface area contributed by atoms with Crippen molar-refractivity contribution in [2.75, 3.05) is 0 Å². The Morgan fingerprint density at radius 2 is 2.04 bits per heavy atom. The maximum Gasteiger partial charge on any atom is 0.226 e. The molecule has 0 radical (unpaired) electrons. The summed E-state index contributed by atoms with van der Waals surface area (Å²) in [5, 5.41) is 6.80. The molecule has 0 aliphatic heterocycles. The number of aryl methyl sites for hydroxylation is 1. The van der Waals surface area contributed by atoms with E-state index in [9.17, 15) is 9.18 Å². The molecule has 0 bridgehead atoms. The maximum atomic E-state index is 12.9. The Kier molecular flexibility index (Phi) is 5.68. The molecule has 26 heavy (non-hydrogen) atoms. The topological polar surface area (TPSA) is 80.9 Å². The zero-order chi connectivity index (χ0) is 18.4. The molecule has 134 valence electrons. The van der Waals surface area contributed by atoms with Crippen molar-refractivity contribution in [2.24, 2.45) is 0 Å². The first-order chi connectivity index (χ1) is 12.6. The summed E-state index contributed by atoms with van der Waals surface area (Å²) in [6, 6.07) is 11.3. The third kappa shape index (κ3) is 4.72. The molecule has 1 aromatic carbocycles. The summed E-state index contributed by atoms with van der Waals surface area (Å²) in [7, 11) is 0. The highest BCUT2D eigenvalue weighted by Crippen LogP contribution is 2.17. The lowest BCUT2D eigenvalue weighted by Gasteiger charge is -2.12. The highest BCUT2D eigenvalue weighted by Gasteiger charge is 2.12. The maximum absolute atomic E-state index is 12.9. The van der Waals surface area contributed by atoms with E-state index in [1.807, 2.05) is 25.1 Å². The van der Waals surface area contributed by atoms with Crippen LogP contribution in [0.2, 0.25) is 0 Å². The van der Waals surface area contributed by atoms with Gasteiger partial charge in [0.1, 0.15) is 5.82 Å². The number of nitrogens with zero attached hydrogens (tertiary/aromatic N) is 3. The quantitative estimate of drug-likeness (QED) is 0.703. The lowest BCUT2D eigenvalue weighted by molar-refractivity contribution is -0.121. The third-order valence-electron chi connectivity index (χ3n) is 3.87. The Bertz CT molecular complexity index is 849. The van der Waals surface area contributed by atoms with Gasteiger partial charge >= 0.3 is 0 Å². The van der Waals surface area contributed by atoms with Crippen LogP contribution in [0.4, 0.5) is 4.39 Å². The minimum absolute atomic E-state index is 0.0542. The molecule has 0 aliphatic carbocycles. The molecule has 3 aromatic rings. The van der Waals surface area contributed by atoms with Crippen molar-refractivity contribution in [3.05, 3.63) is 66.1 Å². The van der Waals surface area contributed by atoms with E-state index in [2.05, 4.69) is 20.4 Å². The Labute approximate surface area is 150 Å². The second-order valence-electron chi connectivity index (χ2n) is 5.92. The molecule has 0 aliphatic rings. The second-order valence-corrected chi connectivity index (χ2v) is 5.92. The minimum atomic E-state index is -0.316. The number of amides is 1. The lowest BCUT2D eigenvalue weighted by atomic mass is 10.2. The first kappa shape index (κ1) is 17.7. The van der Waals surface area contributed by atoms with E-state index in [1.165, 1.54) is 12.1 Å². The van der Waals surface area contributed by atoms with E-state index in [4.69, 9.17) is 4.52 Å². The van der Waals surface area contributed by atoms with Crippen molar-refractivity contribution in [1.82, 2.24) is 20.4 Å². The monoisotopic (exact) mass is 354 g/mol. The van der Waals surface area contributed by atoms with Gasteiger partial charge in [0.15, 0.2) is 0 Å². The standard InChI is InChI=1S/C19H19FN4O2/c1-13(16-5-2-3-12-21-16)22-17(25)6-4-7-18-23-19(24-26-18)14-8-10-15(20)11-9-14/h2-3,5,8-13H,4,6-7H2,1H3,(H,22,25). The van der Waals surface area contributed by atoms with Crippen LogP contribution in [0, 0.1) is 5.82 Å². The molecular weight excluding hydrogens is 335 g/mol. The van der Waals surface area contributed by atoms with Crippen LogP contribution < -0.4 is 5.32 Å². The zero-order valence-electron chi connectivity index (χ0n) is 14.4. The van der Waals surface area contributed by atoms with Gasteiger partial charge in [-0.15, -0.1) is 0 Å². The molecule has 6 nitrogen and oxygen atoms in total. The van der Waals surface area contributed by atoms with E-state index in [-0.39, 0.29) is 17.8 Å². The fraction of sp³-hybridized carbons (Fsp3) is 0.263. The number of carbonyl (C=O) groups is 1. The first-order valence-electron chi connectivity index (χ1n) is 8.40. The highest BCUT2D eigenvalue weighted by molar-refractivity contribution is 5.76. The van der Waals surface area contributed by atoms with E-state index in [0.29, 0.717) is 36.5 Å². The van der Waals surface area contributed by atoms with Gasteiger partial charge in [-0.25, -0.2) is 4.39 Å².